The number of anilines is 1. The number of nitrogens with two attached hydrogens (primary N) is 1. The fourth-order valence-electron chi connectivity index (χ4n) is 2.79. The second-order valence-electron chi connectivity index (χ2n) is 5.32. The van der Waals surface area contributed by atoms with E-state index in [9.17, 15) is 0 Å². The Bertz CT molecular complexity index is 373. The van der Waals surface area contributed by atoms with Crippen LogP contribution in [0.1, 0.15) is 37.4 Å². The van der Waals surface area contributed by atoms with E-state index in [4.69, 9.17) is 5.73 Å². The molecule has 1 fully saturated rings. The van der Waals surface area contributed by atoms with E-state index in [0.29, 0.717) is 12.0 Å². The summed E-state index contributed by atoms with van der Waals surface area (Å²) in [6, 6.07) is 6.70. The van der Waals surface area contributed by atoms with Gasteiger partial charge in [-0.3, -0.25) is 0 Å². The largest absolute Gasteiger partial charge is 0.399 e. The topological polar surface area (TPSA) is 38.0 Å². The second-order valence-corrected chi connectivity index (χ2v) is 5.32. The van der Waals surface area contributed by atoms with Crippen molar-refractivity contribution >= 4 is 5.69 Å². The number of piperidine rings is 1. The summed E-state index contributed by atoms with van der Waals surface area (Å²) in [4.78, 5) is 0. The van der Waals surface area contributed by atoms with E-state index in [1.807, 2.05) is 6.07 Å². The lowest BCUT2D eigenvalue weighted by molar-refractivity contribution is 0.246. The lowest BCUT2D eigenvalue weighted by Gasteiger charge is -2.35. The molecular weight excluding hydrogens is 196 g/mol. The van der Waals surface area contributed by atoms with Crippen LogP contribution in [0.25, 0.3) is 0 Å². The lowest BCUT2D eigenvalue weighted by Crippen LogP contribution is -2.37. The van der Waals surface area contributed by atoms with Gasteiger partial charge in [0.1, 0.15) is 0 Å². The molecule has 1 aromatic rings. The molecule has 0 radical (unpaired) electrons. The molecule has 0 saturated carbocycles. The van der Waals surface area contributed by atoms with E-state index in [1.54, 1.807) is 0 Å². The fourth-order valence-corrected chi connectivity index (χ4v) is 2.79. The summed E-state index contributed by atoms with van der Waals surface area (Å²) in [5.41, 5.74) is 9.46. The minimum Gasteiger partial charge on any atom is -0.399 e. The molecule has 0 aliphatic carbocycles. The van der Waals surface area contributed by atoms with Crippen LogP contribution < -0.4 is 11.1 Å². The maximum atomic E-state index is 5.88. The van der Waals surface area contributed by atoms with Gasteiger partial charge in [0, 0.05) is 11.7 Å². The van der Waals surface area contributed by atoms with E-state index in [1.165, 1.54) is 17.5 Å². The maximum absolute atomic E-state index is 5.88. The zero-order valence-corrected chi connectivity index (χ0v) is 10.5. The SMILES string of the molecule is Cc1ccc(N)cc1C1NCC(C)CC1C. The Balaban J connectivity index is 2.26. The Morgan fingerprint density at radius 1 is 1.31 bits per heavy atom. The minimum atomic E-state index is 0.472. The van der Waals surface area contributed by atoms with Crippen molar-refractivity contribution < 1.29 is 0 Å². The van der Waals surface area contributed by atoms with Crippen LogP contribution in [0.15, 0.2) is 18.2 Å². The predicted octanol–water partition coefficient (Wildman–Crippen LogP) is 2.88. The molecule has 1 heterocycles. The third-order valence-corrected chi connectivity index (χ3v) is 3.67. The number of hydrogen-bond donors (Lipinski definition) is 2. The summed E-state index contributed by atoms with van der Waals surface area (Å²) in [6.07, 6.45) is 1.30. The highest BCUT2D eigenvalue weighted by atomic mass is 14.9. The average molecular weight is 218 g/mol. The van der Waals surface area contributed by atoms with Crippen molar-refractivity contribution in [3.05, 3.63) is 29.3 Å². The highest BCUT2D eigenvalue weighted by molar-refractivity contribution is 5.45. The molecule has 0 aromatic heterocycles. The predicted molar refractivity (Wildman–Crippen MR) is 69.3 cm³/mol. The van der Waals surface area contributed by atoms with Gasteiger partial charge in [0.05, 0.1) is 0 Å². The smallest absolute Gasteiger partial charge is 0.0349 e. The number of benzene rings is 1. The normalized spacial score (nSPS) is 30.3. The van der Waals surface area contributed by atoms with E-state index in [-0.39, 0.29) is 0 Å². The summed E-state index contributed by atoms with van der Waals surface area (Å²) < 4.78 is 0. The van der Waals surface area contributed by atoms with Crippen LogP contribution in [0.4, 0.5) is 5.69 Å². The fraction of sp³-hybridized carbons (Fsp3) is 0.571. The third kappa shape index (κ3) is 2.22. The van der Waals surface area contributed by atoms with Gasteiger partial charge in [-0.15, -0.1) is 0 Å². The van der Waals surface area contributed by atoms with E-state index in [2.05, 4.69) is 38.2 Å². The highest BCUT2D eigenvalue weighted by Crippen LogP contribution is 2.33. The molecule has 3 atom stereocenters. The summed E-state index contributed by atoms with van der Waals surface area (Å²) >= 11 is 0. The molecule has 88 valence electrons. The molecule has 0 spiro atoms. The molecule has 2 heteroatoms. The van der Waals surface area contributed by atoms with Crippen molar-refractivity contribution in [2.75, 3.05) is 12.3 Å². The van der Waals surface area contributed by atoms with Gasteiger partial charge < -0.3 is 11.1 Å². The first-order valence-corrected chi connectivity index (χ1v) is 6.17. The third-order valence-electron chi connectivity index (χ3n) is 3.67. The molecule has 3 unspecified atom stereocenters. The quantitative estimate of drug-likeness (QED) is 0.711. The molecule has 1 aromatic carbocycles. The highest BCUT2D eigenvalue weighted by Gasteiger charge is 2.26. The second kappa shape index (κ2) is 4.46. The molecule has 2 nitrogen and oxygen atoms in total. The van der Waals surface area contributed by atoms with Crippen LogP contribution in [-0.4, -0.2) is 6.54 Å². The zero-order chi connectivity index (χ0) is 11.7. The Morgan fingerprint density at radius 2 is 2.06 bits per heavy atom. The monoisotopic (exact) mass is 218 g/mol. The van der Waals surface area contributed by atoms with Crippen LogP contribution in [0.3, 0.4) is 0 Å². The molecule has 0 bridgehead atoms. The molecule has 1 saturated heterocycles. The van der Waals surface area contributed by atoms with Gasteiger partial charge in [0.2, 0.25) is 0 Å². The van der Waals surface area contributed by atoms with Crippen LogP contribution in [-0.2, 0) is 0 Å². The van der Waals surface area contributed by atoms with Gasteiger partial charge in [-0.25, -0.2) is 0 Å². The Morgan fingerprint density at radius 3 is 2.75 bits per heavy atom. The number of nitrogen functional groups attached to an aromatic ring is 1. The number of hydrogen-bond acceptors (Lipinski definition) is 2. The summed E-state index contributed by atoms with van der Waals surface area (Å²) in [7, 11) is 0. The zero-order valence-electron chi connectivity index (χ0n) is 10.5. The van der Waals surface area contributed by atoms with Crippen molar-refractivity contribution in [2.24, 2.45) is 11.8 Å². The van der Waals surface area contributed by atoms with Crippen molar-refractivity contribution in [1.29, 1.82) is 0 Å². The summed E-state index contributed by atoms with van der Waals surface area (Å²) in [6.45, 7) is 7.92. The van der Waals surface area contributed by atoms with E-state index < -0.39 is 0 Å². The van der Waals surface area contributed by atoms with Gasteiger partial charge in [-0.2, -0.15) is 0 Å². The van der Waals surface area contributed by atoms with Crippen LogP contribution in [0, 0.1) is 18.8 Å². The van der Waals surface area contributed by atoms with Crippen molar-refractivity contribution in [3.63, 3.8) is 0 Å². The summed E-state index contributed by atoms with van der Waals surface area (Å²) in [5.74, 6) is 1.47. The van der Waals surface area contributed by atoms with Crippen LogP contribution in [0.5, 0.6) is 0 Å². The van der Waals surface area contributed by atoms with E-state index in [0.717, 1.165) is 18.2 Å². The van der Waals surface area contributed by atoms with Crippen molar-refractivity contribution in [2.45, 2.75) is 33.2 Å². The molecule has 0 amide bonds. The minimum absolute atomic E-state index is 0.472. The molecule has 2 rings (SSSR count). The first-order valence-electron chi connectivity index (χ1n) is 6.17. The van der Waals surface area contributed by atoms with Gasteiger partial charge in [0.25, 0.3) is 0 Å². The van der Waals surface area contributed by atoms with Gasteiger partial charge in [-0.05, 0) is 55.0 Å². The Kier molecular flexibility index (Phi) is 3.20. The average Bonchev–Trinajstić information content (AvgIpc) is 2.22. The van der Waals surface area contributed by atoms with Crippen molar-refractivity contribution in [1.82, 2.24) is 5.32 Å². The number of rotatable bonds is 1. The van der Waals surface area contributed by atoms with E-state index >= 15 is 0 Å². The van der Waals surface area contributed by atoms with Crippen molar-refractivity contribution in [3.8, 4) is 0 Å². The Hall–Kier alpha value is -1.02. The summed E-state index contributed by atoms with van der Waals surface area (Å²) in [5, 5.41) is 3.65. The standard InChI is InChI=1S/C14H22N2/c1-9-6-11(3)14(16-8-9)13-7-12(15)5-4-10(13)2/h4-5,7,9,11,14,16H,6,8,15H2,1-3H3. The number of nitrogens with one attached hydrogen (secondary N) is 1. The molecule has 16 heavy (non-hydrogen) atoms. The first-order chi connectivity index (χ1) is 7.58. The lowest BCUT2D eigenvalue weighted by atomic mass is 9.82. The molecule has 1 aliphatic heterocycles. The number of aryl methyl sites for hydroxylation is 1. The maximum Gasteiger partial charge on any atom is 0.0349 e. The molecule has 1 aliphatic rings. The van der Waals surface area contributed by atoms with Gasteiger partial charge in [-0.1, -0.05) is 19.9 Å². The van der Waals surface area contributed by atoms with Crippen LogP contribution in [0.2, 0.25) is 0 Å². The van der Waals surface area contributed by atoms with Gasteiger partial charge >= 0.3 is 0 Å². The van der Waals surface area contributed by atoms with Gasteiger partial charge in [0.15, 0.2) is 0 Å². The molecular formula is C14H22N2. The molecule has 3 N–H and O–H groups in total. The first kappa shape index (κ1) is 11.5. The van der Waals surface area contributed by atoms with Crippen LogP contribution >= 0.6 is 0 Å². The Labute approximate surface area is 98.2 Å².